The van der Waals surface area contributed by atoms with Gasteiger partial charge in [0.1, 0.15) is 12.4 Å². The summed E-state index contributed by atoms with van der Waals surface area (Å²) >= 11 is 0. The van der Waals surface area contributed by atoms with E-state index in [9.17, 15) is 10.2 Å². The van der Waals surface area contributed by atoms with Crippen LogP contribution in [0.5, 0.6) is 0 Å². The number of hydrogen-bond acceptors (Lipinski definition) is 5. The molecule has 0 aliphatic carbocycles. The Labute approximate surface area is 114 Å². The van der Waals surface area contributed by atoms with Gasteiger partial charge in [-0.1, -0.05) is 0 Å². The highest BCUT2D eigenvalue weighted by molar-refractivity contribution is 4.96. The number of hydrogen-bond donors (Lipinski definition) is 3. The summed E-state index contributed by atoms with van der Waals surface area (Å²) < 4.78 is 10.5. The van der Waals surface area contributed by atoms with Gasteiger partial charge in [0.05, 0.1) is 24.6 Å². The van der Waals surface area contributed by atoms with Crippen molar-refractivity contribution in [1.82, 2.24) is 5.32 Å². The van der Waals surface area contributed by atoms with Crippen LogP contribution in [-0.4, -0.2) is 40.6 Å². The number of furan rings is 1. The van der Waals surface area contributed by atoms with Gasteiger partial charge >= 0.3 is 0 Å². The first kappa shape index (κ1) is 16.2. The highest BCUT2D eigenvalue weighted by Crippen LogP contribution is 2.20. The fraction of sp³-hybridized carbons (Fsp3) is 0.714. The number of nitrogens with one attached hydrogen (secondary N) is 1. The Hall–Kier alpha value is -0.880. The first-order valence-electron chi connectivity index (χ1n) is 6.48. The Morgan fingerprint density at radius 1 is 1.37 bits per heavy atom. The number of β-amino-alcohol motifs (C(OH)–C–C–N with tert-alkyl or cyclic N) is 1. The number of rotatable bonds is 8. The van der Waals surface area contributed by atoms with Crippen molar-refractivity contribution < 1.29 is 19.4 Å². The molecule has 19 heavy (non-hydrogen) atoms. The summed E-state index contributed by atoms with van der Waals surface area (Å²) in [6.07, 6.45) is 0.958. The Morgan fingerprint density at radius 2 is 2.05 bits per heavy atom. The van der Waals surface area contributed by atoms with E-state index in [1.807, 2.05) is 19.9 Å². The first-order chi connectivity index (χ1) is 8.72. The first-order valence-corrected chi connectivity index (χ1v) is 6.48. The van der Waals surface area contributed by atoms with Crippen LogP contribution in [0.15, 0.2) is 22.8 Å². The molecule has 5 heteroatoms. The van der Waals surface area contributed by atoms with Crippen LogP contribution in [0.2, 0.25) is 0 Å². The van der Waals surface area contributed by atoms with Crippen molar-refractivity contribution in [3.8, 4) is 0 Å². The highest BCUT2D eigenvalue weighted by Gasteiger charge is 2.34. The summed E-state index contributed by atoms with van der Waals surface area (Å²) in [4.78, 5) is 0. The van der Waals surface area contributed by atoms with Crippen LogP contribution >= 0.6 is 0 Å². The second-order valence-corrected chi connectivity index (χ2v) is 5.81. The zero-order chi connectivity index (χ0) is 14.5. The largest absolute Gasteiger partial charge is 0.467 e. The molecule has 1 aromatic heterocycles. The van der Waals surface area contributed by atoms with E-state index < -0.39 is 17.2 Å². The van der Waals surface area contributed by atoms with Crippen LogP contribution in [0.4, 0.5) is 0 Å². The molecule has 0 saturated heterocycles. The third-order valence-electron chi connectivity index (χ3n) is 3.44. The third-order valence-corrected chi connectivity index (χ3v) is 3.44. The molecule has 0 aliphatic heterocycles. The Balaban J connectivity index is 2.22. The number of ether oxygens (including phenoxy) is 1. The quantitative estimate of drug-likeness (QED) is 0.664. The second-order valence-electron chi connectivity index (χ2n) is 5.81. The zero-order valence-corrected chi connectivity index (χ0v) is 12.1. The van der Waals surface area contributed by atoms with E-state index in [4.69, 9.17) is 9.15 Å². The highest BCUT2D eigenvalue weighted by atomic mass is 16.5. The molecule has 0 radical (unpaired) electrons. The van der Waals surface area contributed by atoms with Gasteiger partial charge in [-0.3, -0.25) is 0 Å². The average Bonchev–Trinajstić information content (AvgIpc) is 2.78. The summed E-state index contributed by atoms with van der Waals surface area (Å²) in [5, 5.41) is 22.9. The summed E-state index contributed by atoms with van der Waals surface area (Å²) in [6.45, 7) is 8.18. The molecule has 1 rings (SSSR count). The molecule has 0 aliphatic rings. The van der Waals surface area contributed by atoms with Crippen LogP contribution in [0.1, 0.15) is 33.5 Å². The fourth-order valence-corrected chi connectivity index (χ4v) is 1.34. The van der Waals surface area contributed by atoms with E-state index in [0.29, 0.717) is 13.2 Å². The minimum Gasteiger partial charge on any atom is -0.467 e. The van der Waals surface area contributed by atoms with Gasteiger partial charge in [0.15, 0.2) is 0 Å². The smallest absolute Gasteiger partial charge is 0.129 e. The van der Waals surface area contributed by atoms with E-state index in [2.05, 4.69) is 5.32 Å². The maximum atomic E-state index is 9.97. The zero-order valence-electron chi connectivity index (χ0n) is 12.1. The van der Waals surface area contributed by atoms with Crippen molar-refractivity contribution in [1.29, 1.82) is 0 Å². The molecule has 0 aromatic carbocycles. The van der Waals surface area contributed by atoms with Crippen molar-refractivity contribution in [2.75, 3.05) is 13.2 Å². The van der Waals surface area contributed by atoms with Gasteiger partial charge in [0.25, 0.3) is 0 Å². The SMILES string of the molecule is CC(C)(O)C(C)(C)NCC(O)COCc1ccco1. The van der Waals surface area contributed by atoms with Crippen molar-refractivity contribution in [2.45, 2.75) is 51.5 Å². The summed E-state index contributed by atoms with van der Waals surface area (Å²) in [5.41, 5.74) is -1.36. The van der Waals surface area contributed by atoms with E-state index in [-0.39, 0.29) is 6.61 Å². The van der Waals surface area contributed by atoms with E-state index in [1.165, 1.54) is 0 Å². The number of aliphatic hydroxyl groups is 2. The van der Waals surface area contributed by atoms with Gasteiger partial charge in [0.2, 0.25) is 0 Å². The van der Waals surface area contributed by atoms with Gasteiger partial charge in [-0.25, -0.2) is 0 Å². The average molecular weight is 271 g/mol. The molecule has 0 bridgehead atoms. The lowest BCUT2D eigenvalue weighted by Crippen LogP contribution is -2.57. The standard InChI is InChI=1S/C14H25NO4/c1-13(2,14(3,4)17)15-8-11(16)9-18-10-12-6-5-7-19-12/h5-7,11,15-17H,8-10H2,1-4H3. The van der Waals surface area contributed by atoms with Crippen LogP contribution in [0, 0.1) is 0 Å². The van der Waals surface area contributed by atoms with Crippen LogP contribution in [0.25, 0.3) is 0 Å². The van der Waals surface area contributed by atoms with Crippen molar-refractivity contribution in [2.24, 2.45) is 0 Å². The molecule has 3 N–H and O–H groups in total. The maximum Gasteiger partial charge on any atom is 0.129 e. The molecule has 0 fully saturated rings. The van der Waals surface area contributed by atoms with Crippen LogP contribution < -0.4 is 5.32 Å². The molecule has 1 aromatic rings. The molecule has 0 amide bonds. The minimum atomic E-state index is -0.873. The van der Waals surface area contributed by atoms with Gasteiger partial charge in [0, 0.05) is 12.1 Å². The monoisotopic (exact) mass is 271 g/mol. The Bertz CT molecular complexity index is 354. The normalized spacial score (nSPS) is 14.6. The van der Waals surface area contributed by atoms with Crippen LogP contribution in [0.3, 0.4) is 0 Å². The lowest BCUT2D eigenvalue weighted by atomic mass is 9.86. The maximum absolute atomic E-state index is 9.97. The second kappa shape index (κ2) is 6.52. The summed E-state index contributed by atoms with van der Waals surface area (Å²) in [6, 6.07) is 3.62. The molecule has 1 heterocycles. The van der Waals surface area contributed by atoms with Crippen molar-refractivity contribution in [3.63, 3.8) is 0 Å². The lowest BCUT2D eigenvalue weighted by molar-refractivity contribution is -0.0201. The molecular weight excluding hydrogens is 246 g/mol. The number of aliphatic hydroxyl groups excluding tert-OH is 1. The molecule has 0 spiro atoms. The van der Waals surface area contributed by atoms with Crippen molar-refractivity contribution >= 4 is 0 Å². The van der Waals surface area contributed by atoms with E-state index >= 15 is 0 Å². The predicted octanol–water partition coefficient (Wildman–Crippen LogP) is 1.30. The van der Waals surface area contributed by atoms with Gasteiger partial charge in [-0.05, 0) is 39.8 Å². The predicted molar refractivity (Wildman–Crippen MR) is 72.8 cm³/mol. The van der Waals surface area contributed by atoms with Gasteiger partial charge in [-0.15, -0.1) is 0 Å². The fourth-order valence-electron chi connectivity index (χ4n) is 1.34. The minimum absolute atomic E-state index is 0.218. The molecule has 5 nitrogen and oxygen atoms in total. The van der Waals surface area contributed by atoms with Gasteiger partial charge < -0.3 is 24.7 Å². The molecule has 1 unspecified atom stereocenters. The molecule has 1 atom stereocenters. The Kier molecular flexibility index (Phi) is 5.55. The summed E-state index contributed by atoms with van der Waals surface area (Å²) in [5.74, 6) is 0.733. The third kappa shape index (κ3) is 5.32. The van der Waals surface area contributed by atoms with Crippen molar-refractivity contribution in [3.05, 3.63) is 24.2 Å². The van der Waals surface area contributed by atoms with Crippen LogP contribution in [-0.2, 0) is 11.3 Å². The molecule has 0 saturated carbocycles. The summed E-state index contributed by atoms with van der Waals surface area (Å²) in [7, 11) is 0. The van der Waals surface area contributed by atoms with E-state index in [1.54, 1.807) is 26.2 Å². The molecule has 110 valence electrons. The molecular formula is C14H25NO4. The lowest BCUT2D eigenvalue weighted by Gasteiger charge is -2.38. The van der Waals surface area contributed by atoms with Gasteiger partial charge in [-0.2, -0.15) is 0 Å². The van der Waals surface area contributed by atoms with E-state index in [0.717, 1.165) is 5.76 Å². The Morgan fingerprint density at radius 3 is 2.58 bits per heavy atom. The topological polar surface area (TPSA) is 74.9 Å².